The fourth-order valence-electron chi connectivity index (χ4n) is 2.04. The maximum absolute atomic E-state index is 13.6. The van der Waals surface area contributed by atoms with Gasteiger partial charge in [-0.25, -0.2) is 9.37 Å². The smallest absolute Gasteiger partial charge is 0.142 e. The van der Waals surface area contributed by atoms with Crippen LogP contribution in [0.3, 0.4) is 0 Å². The molecule has 106 valence electrons. The zero-order valence-corrected chi connectivity index (χ0v) is 12.7. The number of aromatic nitrogens is 1. The lowest BCUT2D eigenvalue weighted by molar-refractivity contribution is 0.439. The minimum Gasteiger partial charge on any atom is -0.506 e. The van der Waals surface area contributed by atoms with Gasteiger partial charge in [0.15, 0.2) is 0 Å². The summed E-state index contributed by atoms with van der Waals surface area (Å²) in [5.41, 5.74) is 2.36. The Labute approximate surface area is 123 Å². The summed E-state index contributed by atoms with van der Waals surface area (Å²) in [6, 6.07) is 6.38. The zero-order valence-electron chi connectivity index (χ0n) is 12.0. The minimum atomic E-state index is -0.478. The third kappa shape index (κ3) is 2.78. The SMILES string of the molecule is Cc1nc(-c2ccc(Cl)c(F)c2)cc(C(C)(C)C)c1O. The largest absolute Gasteiger partial charge is 0.506 e. The molecule has 1 heterocycles. The molecule has 0 saturated carbocycles. The third-order valence-electron chi connectivity index (χ3n) is 3.19. The molecule has 2 nitrogen and oxygen atoms in total. The summed E-state index contributed by atoms with van der Waals surface area (Å²) in [5.74, 6) is -0.287. The van der Waals surface area contributed by atoms with Gasteiger partial charge in [0.25, 0.3) is 0 Å². The molecule has 20 heavy (non-hydrogen) atoms. The highest BCUT2D eigenvalue weighted by atomic mass is 35.5. The Kier molecular flexibility index (Phi) is 3.74. The molecule has 1 aromatic carbocycles. The molecule has 0 unspecified atom stereocenters. The van der Waals surface area contributed by atoms with Crippen molar-refractivity contribution in [2.75, 3.05) is 0 Å². The number of benzene rings is 1. The Morgan fingerprint density at radius 3 is 2.40 bits per heavy atom. The highest BCUT2D eigenvalue weighted by Crippen LogP contribution is 2.35. The van der Waals surface area contributed by atoms with Crippen molar-refractivity contribution in [1.82, 2.24) is 4.98 Å². The molecular formula is C16H17ClFNO. The van der Waals surface area contributed by atoms with Crippen molar-refractivity contribution in [2.45, 2.75) is 33.1 Å². The highest BCUT2D eigenvalue weighted by molar-refractivity contribution is 6.30. The van der Waals surface area contributed by atoms with Gasteiger partial charge in [0.1, 0.15) is 11.6 Å². The van der Waals surface area contributed by atoms with Gasteiger partial charge in [0.05, 0.1) is 16.4 Å². The third-order valence-corrected chi connectivity index (χ3v) is 3.50. The Balaban J connectivity index is 2.63. The molecule has 0 aliphatic rings. The van der Waals surface area contributed by atoms with Gasteiger partial charge in [-0.1, -0.05) is 38.4 Å². The highest BCUT2D eigenvalue weighted by Gasteiger charge is 2.21. The lowest BCUT2D eigenvalue weighted by Crippen LogP contribution is -2.12. The average Bonchev–Trinajstić information content (AvgIpc) is 2.34. The van der Waals surface area contributed by atoms with Crippen molar-refractivity contribution >= 4 is 11.6 Å². The van der Waals surface area contributed by atoms with Gasteiger partial charge in [-0.05, 0) is 30.5 Å². The van der Waals surface area contributed by atoms with Crippen LogP contribution < -0.4 is 0 Å². The van der Waals surface area contributed by atoms with Crippen LogP contribution in [-0.2, 0) is 5.41 Å². The van der Waals surface area contributed by atoms with Crippen LogP contribution in [0, 0.1) is 12.7 Å². The summed E-state index contributed by atoms with van der Waals surface area (Å²) in [7, 11) is 0. The summed E-state index contributed by atoms with van der Waals surface area (Å²) in [4.78, 5) is 4.33. The number of pyridine rings is 1. The molecule has 0 fully saturated rings. The normalized spacial score (nSPS) is 11.7. The monoisotopic (exact) mass is 293 g/mol. The van der Waals surface area contributed by atoms with Gasteiger partial charge in [0.2, 0.25) is 0 Å². The van der Waals surface area contributed by atoms with Crippen molar-refractivity contribution < 1.29 is 9.50 Å². The molecule has 0 radical (unpaired) electrons. The number of hydrogen-bond donors (Lipinski definition) is 1. The number of halogens is 2. The lowest BCUT2D eigenvalue weighted by Gasteiger charge is -2.22. The number of aryl methyl sites for hydroxylation is 1. The van der Waals surface area contributed by atoms with E-state index in [1.165, 1.54) is 12.1 Å². The van der Waals surface area contributed by atoms with Crippen molar-refractivity contribution in [3.63, 3.8) is 0 Å². The van der Waals surface area contributed by atoms with E-state index in [9.17, 15) is 9.50 Å². The van der Waals surface area contributed by atoms with Crippen LogP contribution in [-0.4, -0.2) is 10.1 Å². The first kappa shape index (κ1) is 14.8. The van der Waals surface area contributed by atoms with E-state index < -0.39 is 5.82 Å². The predicted molar refractivity (Wildman–Crippen MR) is 79.7 cm³/mol. The quantitative estimate of drug-likeness (QED) is 0.815. The fourth-order valence-corrected chi connectivity index (χ4v) is 2.16. The molecule has 0 atom stereocenters. The summed E-state index contributed by atoms with van der Waals surface area (Å²) in [6.07, 6.45) is 0. The molecule has 1 N–H and O–H groups in total. The van der Waals surface area contributed by atoms with E-state index in [2.05, 4.69) is 4.98 Å². The molecule has 0 amide bonds. The molecule has 2 aromatic rings. The van der Waals surface area contributed by atoms with Gasteiger partial charge in [-0.3, -0.25) is 0 Å². The summed E-state index contributed by atoms with van der Waals surface area (Å²) in [5, 5.41) is 10.2. The number of hydrogen-bond acceptors (Lipinski definition) is 2. The van der Waals surface area contributed by atoms with Crippen LogP contribution in [0.4, 0.5) is 4.39 Å². The number of rotatable bonds is 1. The Morgan fingerprint density at radius 1 is 1.20 bits per heavy atom. The lowest BCUT2D eigenvalue weighted by atomic mass is 9.85. The maximum Gasteiger partial charge on any atom is 0.142 e. The molecule has 0 aliphatic carbocycles. The first-order chi connectivity index (χ1) is 9.20. The average molecular weight is 294 g/mol. The Bertz CT molecular complexity index is 662. The summed E-state index contributed by atoms with van der Waals surface area (Å²) in [6.45, 7) is 7.76. The van der Waals surface area contributed by atoms with Crippen LogP contribution in [0.25, 0.3) is 11.3 Å². The summed E-state index contributed by atoms with van der Waals surface area (Å²) < 4.78 is 13.6. The fraction of sp³-hybridized carbons (Fsp3) is 0.312. The topological polar surface area (TPSA) is 33.1 Å². The first-order valence-electron chi connectivity index (χ1n) is 6.36. The van der Waals surface area contributed by atoms with Crippen molar-refractivity contribution in [3.8, 4) is 17.0 Å². The zero-order chi connectivity index (χ0) is 15.1. The van der Waals surface area contributed by atoms with E-state index in [0.717, 1.165) is 5.56 Å². The maximum atomic E-state index is 13.6. The number of nitrogens with zero attached hydrogens (tertiary/aromatic N) is 1. The summed E-state index contributed by atoms with van der Waals surface area (Å²) >= 11 is 5.69. The molecule has 2 rings (SSSR count). The second-order valence-corrected chi connectivity index (χ2v) is 6.28. The van der Waals surface area contributed by atoms with E-state index in [-0.39, 0.29) is 16.2 Å². The molecule has 4 heteroatoms. The molecule has 0 saturated heterocycles. The predicted octanol–water partition coefficient (Wildman–Crippen LogP) is 4.85. The van der Waals surface area contributed by atoms with Crippen molar-refractivity contribution in [3.05, 3.63) is 46.4 Å². The van der Waals surface area contributed by atoms with E-state index in [4.69, 9.17) is 11.6 Å². The van der Waals surface area contributed by atoms with Crippen LogP contribution in [0.5, 0.6) is 5.75 Å². The van der Waals surface area contributed by atoms with Gasteiger partial charge in [0, 0.05) is 11.1 Å². The van der Waals surface area contributed by atoms with Crippen LogP contribution in [0.1, 0.15) is 32.0 Å². The van der Waals surface area contributed by atoms with Crippen LogP contribution in [0.2, 0.25) is 5.02 Å². The second-order valence-electron chi connectivity index (χ2n) is 5.87. The first-order valence-corrected chi connectivity index (χ1v) is 6.74. The van der Waals surface area contributed by atoms with Gasteiger partial charge in [-0.2, -0.15) is 0 Å². The van der Waals surface area contributed by atoms with Gasteiger partial charge >= 0.3 is 0 Å². The van der Waals surface area contributed by atoms with E-state index in [1.54, 1.807) is 19.1 Å². The van der Waals surface area contributed by atoms with Crippen molar-refractivity contribution in [2.24, 2.45) is 0 Å². The molecule has 0 aliphatic heterocycles. The Hall–Kier alpha value is -1.61. The van der Waals surface area contributed by atoms with Gasteiger partial charge in [-0.15, -0.1) is 0 Å². The standard InChI is InChI=1S/C16H17ClFNO/c1-9-15(20)11(16(2,3)4)8-14(19-9)10-5-6-12(17)13(18)7-10/h5-8,20H,1-4H3. The molecular weight excluding hydrogens is 277 g/mol. The van der Waals surface area contributed by atoms with Gasteiger partial charge < -0.3 is 5.11 Å². The number of aromatic hydroxyl groups is 1. The van der Waals surface area contributed by atoms with E-state index in [1.807, 2.05) is 20.8 Å². The molecule has 0 spiro atoms. The van der Waals surface area contributed by atoms with Crippen molar-refractivity contribution in [1.29, 1.82) is 0 Å². The molecule has 1 aromatic heterocycles. The Morgan fingerprint density at radius 2 is 1.85 bits per heavy atom. The molecule has 0 bridgehead atoms. The van der Waals surface area contributed by atoms with Crippen LogP contribution in [0.15, 0.2) is 24.3 Å². The van der Waals surface area contributed by atoms with Crippen LogP contribution >= 0.6 is 11.6 Å². The van der Waals surface area contributed by atoms with E-state index in [0.29, 0.717) is 17.0 Å². The van der Waals surface area contributed by atoms with E-state index >= 15 is 0 Å². The minimum absolute atomic E-state index is 0.0836. The second kappa shape index (κ2) is 5.06.